The minimum Gasteiger partial charge on any atom is -0.507 e. The molecule has 0 aliphatic heterocycles. The van der Waals surface area contributed by atoms with Gasteiger partial charge in [-0.25, -0.2) is 4.39 Å². The van der Waals surface area contributed by atoms with E-state index >= 15 is 0 Å². The molecule has 94 valence electrons. The quantitative estimate of drug-likeness (QED) is 0.756. The van der Waals surface area contributed by atoms with Crippen molar-refractivity contribution in [3.63, 3.8) is 0 Å². The molecule has 0 heterocycles. The predicted molar refractivity (Wildman–Crippen MR) is 61.6 cm³/mol. The van der Waals surface area contributed by atoms with Gasteiger partial charge in [0.2, 0.25) is 0 Å². The van der Waals surface area contributed by atoms with Crippen molar-refractivity contribution < 1.29 is 19.4 Å². The number of ketones is 1. The summed E-state index contributed by atoms with van der Waals surface area (Å²) in [6.45, 7) is 1.96. The van der Waals surface area contributed by atoms with Crippen molar-refractivity contribution in [2.75, 3.05) is 20.1 Å². The molecule has 0 aliphatic carbocycles. The van der Waals surface area contributed by atoms with E-state index < -0.39 is 11.9 Å². The number of aliphatic hydroxyl groups excluding tert-OH is 1. The minimum absolute atomic E-state index is 0.0158. The lowest BCUT2D eigenvalue weighted by Gasteiger charge is -2.17. The van der Waals surface area contributed by atoms with Gasteiger partial charge in [-0.1, -0.05) is 0 Å². The maximum Gasteiger partial charge on any atom is 0.180 e. The highest BCUT2D eigenvalue weighted by Gasteiger charge is 2.15. The summed E-state index contributed by atoms with van der Waals surface area (Å²) >= 11 is 0. The molecule has 5 heteroatoms. The van der Waals surface area contributed by atoms with Crippen molar-refractivity contribution in [3.05, 3.63) is 29.6 Å². The van der Waals surface area contributed by atoms with E-state index in [4.69, 9.17) is 5.11 Å². The molecule has 2 N–H and O–H groups in total. The molecule has 1 atom stereocenters. The summed E-state index contributed by atoms with van der Waals surface area (Å²) in [4.78, 5) is 13.4. The largest absolute Gasteiger partial charge is 0.507 e. The third-order valence-corrected chi connectivity index (χ3v) is 2.25. The number of carbonyl (C=O) groups is 1. The average Bonchev–Trinajstić information content (AvgIpc) is 2.20. The molecule has 0 saturated carbocycles. The molecule has 0 spiro atoms. The van der Waals surface area contributed by atoms with Gasteiger partial charge in [0.25, 0.3) is 0 Å². The zero-order valence-corrected chi connectivity index (χ0v) is 9.85. The van der Waals surface area contributed by atoms with E-state index in [1.807, 2.05) is 0 Å². The van der Waals surface area contributed by atoms with Gasteiger partial charge in [0.1, 0.15) is 11.6 Å². The fraction of sp³-hybridized carbons (Fsp3) is 0.417. The molecule has 0 radical (unpaired) electrons. The first-order chi connectivity index (χ1) is 7.90. The molecule has 1 aromatic rings. The van der Waals surface area contributed by atoms with Crippen LogP contribution in [-0.2, 0) is 0 Å². The number of halogens is 1. The van der Waals surface area contributed by atoms with Gasteiger partial charge in [0.05, 0.1) is 18.2 Å². The third-order valence-electron chi connectivity index (χ3n) is 2.25. The number of hydrogen-bond acceptors (Lipinski definition) is 4. The summed E-state index contributed by atoms with van der Waals surface area (Å²) < 4.78 is 12.9. The van der Waals surface area contributed by atoms with Crippen molar-refractivity contribution >= 4 is 5.78 Å². The zero-order valence-electron chi connectivity index (χ0n) is 9.85. The fourth-order valence-electron chi connectivity index (χ4n) is 1.58. The van der Waals surface area contributed by atoms with E-state index in [2.05, 4.69) is 0 Å². The first kappa shape index (κ1) is 13.6. The fourth-order valence-corrected chi connectivity index (χ4v) is 1.58. The van der Waals surface area contributed by atoms with E-state index in [1.54, 1.807) is 18.9 Å². The highest BCUT2D eigenvalue weighted by Crippen LogP contribution is 2.18. The Morgan fingerprint density at radius 3 is 2.76 bits per heavy atom. The van der Waals surface area contributed by atoms with Gasteiger partial charge in [-0.3, -0.25) is 9.69 Å². The van der Waals surface area contributed by atoms with Crippen LogP contribution in [0, 0.1) is 5.82 Å². The molecule has 0 aromatic heterocycles. The van der Waals surface area contributed by atoms with Crippen molar-refractivity contribution in [3.8, 4) is 5.75 Å². The molecule has 1 rings (SSSR count). The SMILES string of the molecule is CC(O)CN(C)CC(=O)c1cc(F)ccc1O. The number of benzene rings is 1. The number of hydrogen-bond donors (Lipinski definition) is 2. The number of aliphatic hydroxyl groups is 1. The smallest absolute Gasteiger partial charge is 0.180 e. The number of phenols is 1. The highest BCUT2D eigenvalue weighted by molar-refractivity contribution is 5.99. The molecular formula is C12H16FNO3. The van der Waals surface area contributed by atoms with Crippen LogP contribution < -0.4 is 0 Å². The standard InChI is InChI=1S/C12H16FNO3/c1-8(15)6-14(2)7-12(17)10-5-9(13)3-4-11(10)16/h3-5,8,15-16H,6-7H2,1-2H3. The molecule has 0 fully saturated rings. The number of carbonyl (C=O) groups excluding carboxylic acids is 1. The van der Waals surface area contributed by atoms with E-state index in [1.165, 1.54) is 0 Å². The zero-order chi connectivity index (χ0) is 13.0. The second-order valence-corrected chi connectivity index (χ2v) is 4.13. The Morgan fingerprint density at radius 1 is 1.53 bits per heavy atom. The Hall–Kier alpha value is -1.46. The summed E-state index contributed by atoms with van der Waals surface area (Å²) in [5.74, 6) is -1.18. The highest BCUT2D eigenvalue weighted by atomic mass is 19.1. The minimum atomic E-state index is -0.565. The Bertz CT molecular complexity index is 407. The average molecular weight is 241 g/mol. The van der Waals surface area contributed by atoms with Crippen molar-refractivity contribution in [2.45, 2.75) is 13.0 Å². The number of Topliss-reactive ketones (excluding diaryl/α,β-unsaturated/α-hetero) is 1. The molecule has 0 aliphatic rings. The Kier molecular flexibility index (Phi) is 4.60. The Morgan fingerprint density at radius 2 is 2.18 bits per heavy atom. The van der Waals surface area contributed by atoms with Crippen molar-refractivity contribution in [2.24, 2.45) is 0 Å². The maximum atomic E-state index is 12.9. The summed E-state index contributed by atoms with van der Waals surface area (Å²) in [5, 5.41) is 18.6. The second-order valence-electron chi connectivity index (χ2n) is 4.13. The van der Waals surface area contributed by atoms with Crippen LogP contribution >= 0.6 is 0 Å². The van der Waals surface area contributed by atoms with E-state index in [-0.39, 0.29) is 23.6 Å². The molecule has 1 aromatic carbocycles. The van der Waals surface area contributed by atoms with Crippen LogP contribution in [-0.4, -0.2) is 47.1 Å². The normalized spacial score (nSPS) is 12.8. The summed E-state index contributed by atoms with van der Waals surface area (Å²) in [7, 11) is 1.67. The molecule has 0 bridgehead atoms. The molecule has 0 saturated heterocycles. The van der Waals surface area contributed by atoms with Gasteiger partial charge in [0, 0.05) is 6.54 Å². The second kappa shape index (κ2) is 5.75. The van der Waals surface area contributed by atoms with Gasteiger partial charge < -0.3 is 10.2 Å². The third kappa shape index (κ3) is 4.13. The van der Waals surface area contributed by atoms with Crippen LogP contribution in [0.5, 0.6) is 5.75 Å². The van der Waals surface area contributed by atoms with Gasteiger partial charge in [-0.05, 0) is 32.2 Å². The van der Waals surface area contributed by atoms with Crippen molar-refractivity contribution in [1.82, 2.24) is 4.90 Å². The van der Waals surface area contributed by atoms with Crippen molar-refractivity contribution in [1.29, 1.82) is 0 Å². The number of aromatic hydroxyl groups is 1. The van der Waals surface area contributed by atoms with Crippen LogP contribution in [0.2, 0.25) is 0 Å². The maximum absolute atomic E-state index is 12.9. The Labute approximate surface area is 99.3 Å². The lowest BCUT2D eigenvalue weighted by Crippen LogP contribution is -2.32. The summed E-state index contributed by atoms with van der Waals surface area (Å²) in [6.07, 6.45) is -0.547. The van der Waals surface area contributed by atoms with Gasteiger partial charge in [0.15, 0.2) is 5.78 Å². The Balaban J connectivity index is 2.73. The number of nitrogens with zero attached hydrogens (tertiary/aromatic N) is 1. The topological polar surface area (TPSA) is 60.8 Å². The molecule has 4 nitrogen and oxygen atoms in total. The van der Waals surface area contributed by atoms with Gasteiger partial charge in [-0.2, -0.15) is 0 Å². The summed E-state index contributed by atoms with van der Waals surface area (Å²) in [6, 6.07) is 3.25. The van der Waals surface area contributed by atoms with Gasteiger partial charge in [-0.15, -0.1) is 0 Å². The van der Waals surface area contributed by atoms with Crippen LogP contribution in [0.1, 0.15) is 17.3 Å². The number of rotatable bonds is 5. The lowest BCUT2D eigenvalue weighted by molar-refractivity contribution is 0.0898. The van der Waals surface area contributed by atoms with Crippen LogP contribution in [0.15, 0.2) is 18.2 Å². The monoisotopic (exact) mass is 241 g/mol. The lowest BCUT2D eigenvalue weighted by atomic mass is 10.1. The number of phenolic OH excluding ortho intramolecular Hbond substituents is 1. The molecular weight excluding hydrogens is 225 g/mol. The first-order valence-corrected chi connectivity index (χ1v) is 5.28. The van der Waals surface area contributed by atoms with Crippen LogP contribution in [0.4, 0.5) is 4.39 Å². The number of likely N-dealkylation sites (N-methyl/N-ethyl adjacent to an activating group) is 1. The predicted octanol–water partition coefficient (Wildman–Crippen LogP) is 1.03. The summed E-state index contributed by atoms with van der Waals surface area (Å²) in [5.41, 5.74) is -0.0394. The molecule has 17 heavy (non-hydrogen) atoms. The van der Waals surface area contributed by atoms with Gasteiger partial charge >= 0.3 is 0 Å². The molecule has 0 amide bonds. The van der Waals surface area contributed by atoms with E-state index in [0.717, 1.165) is 18.2 Å². The van der Waals surface area contributed by atoms with Crippen LogP contribution in [0.3, 0.4) is 0 Å². The first-order valence-electron chi connectivity index (χ1n) is 5.28. The van der Waals surface area contributed by atoms with E-state index in [0.29, 0.717) is 6.54 Å². The van der Waals surface area contributed by atoms with Crippen LogP contribution in [0.25, 0.3) is 0 Å². The molecule has 1 unspecified atom stereocenters. The van der Waals surface area contributed by atoms with E-state index in [9.17, 15) is 14.3 Å².